The van der Waals surface area contributed by atoms with Gasteiger partial charge in [-0.2, -0.15) is 0 Å². The predicted molar refractivity (Wildman–Crippen MR) is 79.7 cm³/mol. The summed E-state index contributed by atoms with van der Waals surface area (Å²) in [6.45, 7) is 7.70. The van der Waals surface area contributed by atoms with Crippen molar-refractivity contribution in [3.05, 3.63) is 28.0 Å². The lowest BCUT2D eigenvalue weighted by Crippen LogP contribution is -2.07. The van der Waals surface area contributed by atoms with Crippen molar-refractivity contribution in [3.8, 4) is 0 Å². The molecule has 102 valence electrons. The normalized spacial score (nSPS) is 10.5. The van der Waals surface area contributed by atoms with Crippen LogP contribution in [0.4, 0.5) is 11.6 Å². The molecule has 2 rings (SSSR count). The van der Waals surface area contributed by atoms with Gasteiger partial charge < -0.3 is 10.6 Å². The number of aryl methyl sites for hydroxylation is 2. The average molecular weight is 277 g/mol. The third kappa shape index (κ3) is 4.17. The van der Waals surface area contributed by atoms with Gasteiger partial charge in [-0.3, -0.25) is 0 Å². The summed E-state index contributed by atoms with van der Waals surface area (Å²) in [7, 11) is 0. The number of hydrogen-bond donors (Lipinski definition) is 2. The van der Waals surface area contributed by atoms with Crippen molar-refractivity contribution in [2.24, 2.45) is 0 Å². The zero-order valence-electron chi connectivity index (χ0n) is 11.5. The maximum absolute atomic E-state index is 4.38. The van der Waals surface area contributed by atoms with Crippen LogP contribution in [0.1, 0.15) is 29.1 Å². The van der Waals surface area contributed by atoms with Crippen LogP contribution in [0.3, 0.4) is 0 Å². The lowest BCUT2D eigenvalue weighted by Gasteiger charge is -2.08. The molecule has 19 heavy (non-hydrogen) atoms. The molecule has 0 amide bonds. The fraction of sp³-hybridized carbons (Fsp3) is 0.462. The topological polar surface area (TPSA) is 62.7 Å². The Morgan fingerprint density at radius 1 is 1.16 bits per heavy atom. The average Bonchev–Trinajstić information content (AvgIpc) is 2.79. The van der Waals surface area contributed by atoms with Crippen molar-refractivity contribution in [1.29, 1.82) is 0 Å². The molecule has 0 unspecified atom stereocenters. The molecule has 0 spiro atoms. The molecule has 5 nitrogen and oxygen atoms in total. The fourth-order valence-electron chi connectivity index (χ4n) is 1.65. The Morgan fingerprint density at radius 3 is 2.53 bits per heavy atom. The number of rotatable bonds is 6. The lowest BCUT2D eigenvalue weighted by atomic mass is 10.4. The van der Waals surface area contributed by atoms with Crippen molar-refractivity contribution in [1.82, 2.24) is 15.0 Å². The molecular weight excluding hydrogens is 258 g/mol. The molecule has 0 aromatic carbocycles. The Bertz CT molecular complexity index is 538. The van der Waals surface area contributed by atoms with Crippen LogP contribution in [0, 0.1) is 13.8 Å². The molecule has 2 N–H and O–H groups in total. The molecule has 0 saturated heterocycles. The van der Waals surface area contributed by atoms with Gasteiger partial charge >= 0.3 is 0 Å². The highest BCUT2D eigenvalue weighted by Gasteiger charge is 2.03. The fourth-order valence-corrected chi connectivity index (χ4v) is 2.38. The second-order valence-electron chi connectivity index (χ2n) is 4.33. The maximum atomic E-state index is 4.38. The first kappa shape index (κ1) is 13.7. The predicted octanol–water partition coefficient (Wildman–Crippen LogP) is 2.98. The zero-order valence-corrected chi connectivity index (χ0v) is 12.3. The smallest absolute Gasteiger partial charge is 0.132 e. The Hall–Kier alpha value is -1.69. The van der Waals surface area contributed by atoms with Gasteiger partial charge in [-0.15, -0.1) is 11.3 Å². The van der Waals surface area contributed by atoms with Crippen LogP contribution in [0.2, 0.25) is 0 Å². The SMILES string of the molecule is CCCNc1cc(NCc2ncc(C)s2)nc(C)n1. The first-order valence-electron chi connectivity index (χ1n) is 6.42. The van der Waals surface area contributed by atoms with Crippen molar-refractivity contribution in [2.75, 3.05) is 17.2 Å². The van der Waals surface area contributed by atoms with Gasteiger partial charge in [0.15, 0.2) is 0 Å². The van der Waals surface area contributed by atoms with Gasteiger partial charge in [0.05, 0.1) is 6.54 Å². The third-order valence-electron chi connectivity index (χ3n) is 2.48. The van der Waals surface area contributed by atoms with E-state index < -0.39 is 0 Å². The summed E-state index contributed by atoms with van der Waals surface area (Å²) in [5, 5.41) is 7.63. The van der Waals surface area contributed by atoms with Crippen molar-refractivity contribution in [3.63, 3.8) is 0 Å². The van der Waals surface area contributed by atoms with E-state index in [9.17, 15) is 0 Å². The van der Waals surface area contributed by atoms with E-state index >= 15 is 0 Å². The Kier molecular flexibility index (Phi) is 4.68. The first-order valence-corrected chi connectivity index (χ1v) is 7.23. The summed E-state index contributed by atoms with van der Waals surface area (Å²) in [6, 6.07) is 1.93. The van der Waals surface area contributed by atoms with Crippen LogP contribution >= 0.6 is 11.3 Å². The van der Waals surface area contributed by atoms with Gasteiger partial charge in [-0.25, -0.2) is 15.0 Å². The molecule has 0 atom stereocenters. The molecule has 2 heterocycles. The second-order valence-corrected chi connectivity index (χ2v) is 5.65. The largest absolute Gasteiger partial charge is 0.370 e. The van der Waals surface area contributed by atoms with Gasteiger partial charge in [0.2, 0.25) is 0 Å². The van der Waals surface area contributed by atoms with Crippen LogP contribution in [0.15, 0.2) is 12.3 Å². The van der Waals surface area contributed by atoms with E-state index in [1.54, 1.807) is 11.3 Å². The molecule has 0 bridgehead atoms. The minimum absolute atomic E-state index is 0.697. The van der Waals surface area contributed by atoms with E-state index in [1.807, 2.05) is 19.2 Å². The number of hydrogen-bond acceptors (Lipinski definition) is 6. The molecule has 0 aliphatic rings. The summed E-state index contributed by atoms with van der Waals surface area (Å²) < 4.78 is 0. The summed E-state index contributed by atoms with van der Waals surface area (Å²) in [5.41, 5.74) is 0. The number of aromatic nitrogens is 3. The Morgan fingerprint density at radius 2 is 1.89 bits per heavy atom. The number of anilines is 2. The van der Waals surface area contributed by atoms with Gasteiger partial charge in [-0.1, -0.05) is 6.92 Å². The zero-order chi connectivity index (χ0) is 13.7. The summed E-state index contributed by atoms with van der Waals surface area (Å²) in [5.74, 6) is 2.46. The maximum Gasteiger partial charge on any atom is 0.132 e. The minimum Gasteiger partial charge on any atom is -0.370 e. The van der Waals surface area contributed by atoms with Crippen LogP contribution in [-0.2, 0) is 6.54 Å². The number of nitrogens with zero attached hydrogens (tertiary/aromatic N) is 3. The van der Waals surface area contributed by atoms with E-state index in [4.69, 9.17) is 0 Å². The molecule has 0 aliphatic heterocycles. The number of nitrogens with one attached hydrogen (secondary N) is 2. The highest BCUT2D eigenvalue weighted by molar-refractivity contribution is 7.11. The quantitative estimate of drug-likeness (QED) is 0.850. The van der Waals surface area contributed by atoms with E-state index in [0.29, 0.717) is 6.54 Å². The van der Waals surface area contributed by atoms with E-state index in [0.717, 1.165) is 35.4 Å². The van der Waals surface area contributed by atoms with E-state index in [2.05, 4.69) is 39.4 Å². The third-order valence-corrected chi connectivity index (χ3v) is 3.40. The molecule has 2 aromatic rings. The summed E-state index contributed by atoms with van der Waals surface area (Å²) >= 11 is 1.70. The Balaban J connectivity index is 2.01. The summed E-state index contributed by atoms with van der Waals surface area (Å²) in [6.07, 6.45) is 2.96. The Labute approximate surface area is 117 Å². The highest BCUT2D eigenvalue weighted by Crippen LogP contribution is 2.15. The number of thiazole rings is 1. The first-order chi connectivity index (χ1) is 9.17. The molecule has 0 radical (unpaired) electrons. The van der Waals surface area contributed by atoms with E-state index in [-0.39, 0.29) is 0 Å². The van der Waals surface area contributed by atoms with E-state index in [1.165, 1.54) is 4.88 Å². The van der Waals surface area contributed by atoms with Crippen LogP contribution in [-0.4, -0.2) is 21.5 Å². The molecule has 2 aromatic heterocycles. The van der Waals surface area contributed by atoms with Crippen molar-refractivity contribution < 1.29 is 0 Å². The standard InChI is InChI=1S/C13H19N5S/c1-4-5-14-11-6-12(18-10(3)17-11)15-8-13-16-7-9(2)19-13/h6-7H,4-5,8H2,1-3H3,(H2,14,15,17,18). The molecule has 6 heteroatoms. The van der Waals surface area contributed by atoms with Crippen LogP contribution in [0.25, 0.3) is 0 Å². The molecule has 0 saturated carbocycles. The van der Waals surface area contributed by atoms with Crippen molar-refractivity contribution in [2.45, 2.75) is 33.7 Å². The van der Waals surface area contributed by atoms with Crippen LogP contribution in [0.5, 0.6) is 0 Å². The van der Waals surface area contributed by atoms with Gasteiger partial charge in [0, 0.05) is 23.7 Å². The minimum atomic E-state index is 0.697. The summed E-state index contributed by atoms with van der Waals surface area (Å²) in [4.78, 5) is 14.3. The van der Waals surface area contributed by atoms with Gasteiger partial charge in [0.1, 0.15) is 22.5 Å². The second kappa shape index (κ2) is 6.47. The molecular formula is C13H19N5S. The van der Waals surface area contributed by atoms with Gasteiger partial charge in [0.25, 0.3) is 0 Å². The highest BCUT2D eigenvalue weighted by atomic mass is 32.1. The van der Waals surface area contributed by atoms with Crippen LogP contribution < -0.4 is 10.6 Å². The van der Waals surface area contributed by atoms with Crippen molar-refractivity contribution >= 4 is 23.0 Å². The molecule has 0 fully saturated rings. The van der Waals surface area contributed by atoms with Gasteiger partial charge in [-0.05, 0) is 20.3 Å². The lowest BCUT2D eigenvalue weighted by molar-refractivity contribution is 0.950. The monoisotopic (exact) mass is 277 g/mol. The molecule has 0 aliphatic carbocycles.